The third-order valence-corrected chi connectivity index (χ3v) is 7.22. The van der Waals surface area contributed by atoms with Crippen LogP contribution in [0.25, 0.3) is 0 Å². The first-order valence-corrected chi connectivity index (χ1v) is 11.1. The normalized spacial score (nSPS) is 24.2. The van der Waals surface area contributed by atoms with E-state index in [9.17, 15) is 14.7 Å². The van der Waals surface area contributed by atoms with Gasteiger partial charge in [0.15, 0.2) is 0 Å². The Kier molecular flexibility index (Phi) is 5.74. The van der Waals surface area contributed by atoms with Gasteiger partial charge >= 0.3 is 5.97 Å². The molecule has 1 amide bonds. The standard InChI is InChI=1S/C21H28N4O3S/c1-2-25-11-16(9-22-25)10-23-12-17-13-24(19(26)8-18-4-3-7-29-18)15-21(17,14-23)6-5-20(27)28/h3-4,7,9,11,17H,2,5-6,8,10,12-15H2,1H3,(H,27,28). The van der Waals surface area contributed by atoms with Crippen LogP contribution in [-0.2, 0) is 29.1 Å². The van der Waals surface area contributed by atoms with E-state index < -0.39 is 5.97 Å². The number of carboxylic acid groups (broad SMARTS) is 1. The molecule has 29 heavy (non-hydrogen) atoms. The fraction of sp³-hybridized carbons (Fsp3) is 0.571. The Bertz CT molecular complexity index is 865. The quantitative estimate of drug-likeness (QED) is 0.715. The number of aryl methyl sites for hydroxylation is 1. The molecule has 1 N–H and O–H groups in total. The SMILES string of the molecule is CCn1cc(CN2CC3CN(C(=O)Cc4cccs4)CC3(CCC(=O)O)C2)cn1. The minimum atomic E-state index is -0.760. The molecule has 2 saturated heterocycles. The third-order valence-electron chi connectivity index (χ3n) is 6.34. The highest BCUT2D eigenvalue weighted by Crippen LogP contribution is 2.46. The van der Waals surface area contributed by atoms with Crippen LogP contribution in [0.2, 0.25) is 0 Å². The van der Waals surface area contributed by atoms with Crippen molar-refractivity contribution in [2.24, 2.45) is 11.3 Å². The van der Waals surface area contributed by atoms with E-state index in [0.29, 0.717) is 25.3 Å². The van der Waals surface area contributed by atoms with Gasteiger partial charge in [-0.15, -0.1) is 11.3 Å². The summed E-state index contributed by atoms with van der Waals surface area (Å²) in [5, 5.41) is 15.6. The van der Waals surface area contributed by atoms with Crippen LogP contribution in [0.4, 0.5) is 0 Å². The Morgan fingerprint density at radius 1 is 1.34 bits per heavy atom. The van der Waals surface area contributed by atoms with Gasteiger partial charge in [-0.05, 0) is 30.7 Å². The molecule has 0 bridgehead atoms. The number of rotatable bonds is 8. The first-order valence-electron chi connectivity index (χ1n) is 10.2. The number of carbonyl (C=O) groups is 2. The minimum Gasteiger partial charge on any atom is -0.481 e. The molecule has 156 valence electrons. The first kappa shape index (κ1) is 20.1. The molecular formula is C21H28N4O3S. The summed E-state index contributed by atoms with van der Waals surface area (Å²) in [5.74, 6) is -0.271. The number of fused-ring (bicyclic) bond motifs is 1. The maximum Gasteiger partial charge on any atom is 0.303 e. The highest BCUT2D eigenvalue weighted by molar-refractivity contribution is 7.10. The van der Waals surface area contributed by atoms with Gasteiger partial charge in [0.2, 0.25) is 5.91 Å². The number of hydrogen-bond donors (Lipinski definition) is 1. The summed E-state index contributed by atoms with van der Waals surface area (Å²) >= 11 is 1.61. The number of thiophene rings is 1. The van der Waals surface area contributed by atoms with Gasteiger partial charge in [0.05, 0.1) is 12.6 Å². The van der Waals surface area contributed by atoms with E-state index in [1.807, 2.05) is 33.3 Å². The summed E-state index contributed by atoms with van der Waals surface area (Å²) in [7, 11) is 0. The van der Waals surface area contributed by atoms with Gasteiger partial charge in [-0.3, -0.25) is 19.2 Å². The van der Waals surface area contributed by atoms with E-state index in [1.54, 1.807) is 11.3 Å². The number of aliphatic carboxylic acids is 1. The summed E-state index contributed by atoms with van der Waals surface area (Å²) in [6.07, 6.45) is 5.22. The summed E-state index contributed by atoms with van der Waals surface area (Å²) in [4.78, 5) is 29.6. The Morgan fingerprint density at radius 3 is 2.90 bits per heavy atom. The van der Waals surface area contributed by atoms with Crippen molar-refractivity contribution < 1.29 is 14.7 Å². The second-order valence-electron chi connectivity index (χ2n) is 8.36. The number of carboxylic acids is 1. The maximum atomic E-state index is 12.8. The van der Waals surface area contributed by atoms with Crippen molar-refractivity contribution in [3.63, 3.8) is 0 Å². The van der Waals surface area contributed by atoms with E-state index in [4.69, 9.17) is 0 Å². The average molecular weight is 417 g/mol. The van der Waals surface area contributed by atoms with Gasteiger partial charge in [0.25, 0.3) is 0 Å². The molecule has 2 unspecified atom stereocenters. The number of likely N-dealkylation sites (tertiary alicyclic amines) is 2. The van der Waals surface area contributed by atoms with Gasteiger partial charge in [0.1, 0.15) is 0 Å². The molecule has 0 aliphatic carbocycles. The van der Waals surface area contributed by atoms with Crippen molar-refractivity contribution in [2.75, 3.05) is 26.2 Å². The van der Waals surface area contributed by atoms with Crippen LogP contribution in [0.15, 0.2) is 29.9 Å². The first-order chi connectivity index (χ1) is 14.0. The summed E-state index contributed by atoms with van der Waals surface area (Å²) in [6, 6.07) is 3.97. The monoisotopic (exact) mass is 416 g/mol. The molecule has 0 spiro atoms. The molecule has 2 aromatic heterocycles. The van der Waals surface area contributed by atoms with E-state index in [1.165, 1.54) is 5.56 Å². The zero-order valence-corrected chi connectivity index (χ0v) is 17.6. The molecule has 4 heterocycles. The van der Waals surface area contributed by atoms with E-state index in [0.717, 1.165) is 37.6 Å². The number of aromatic nitrogens is 2. The van der Waals surface area contributed by atoms with E-state index >= 15 is 0 Å². The summed E-state index contributed by atoms with van der Waals surface area (Å²) in [6.45, 7) is 6.89. The average Bonchev–Trinajstić information content (AvgIpc) is 3.44. The van der Waals surface area contributed by atoms with Gasteiger partial charge in [-0.2, -0.15) is 5.10 Å². The van der Waals surface area contributed by atoms with Crippen molar-refractivity contribution in [1.82, 2.24) is 19.6 Å². The molecular weight excluding hydrogens is 388 g/mol. The zero-order chi connectivity index (χ0) is 20.4. The van der Waals surface area contributed by atoms with Crippen LogP contribution in [0, 0.1) is 11.3 Å². The molecule has 2 aliphatic heterocycles. The lowest BCUT2D eigenvalue weighted by molar-refractivity contribution is -0.137. The van der Waals surface area contributed by atoms with Crippen molar-refractivity contribution >= 4 is 23.2 Å². The molecule has 7 nitrogen and oxygen atoms in total. The minimum absolute atomic E-state index is 0.121. The highest BCUT2D eigenvalue weighted by atomic mass is 32.1. The van der Waals surface area contributed by atoms with Crippen LogP contribution in [0.3, 0.4) is 0 Å². The molecule has 2 aromatic rings. The Hall–Kier alpha value is -2.19. The molecule has 0 saturated carbocycles. The zero-order valence-electron chi connectivity index (χ0n) is 16.8. The summed E-state index contributed by atoms with van der Waals surface area (Å²) in [5.41, 5.74) is 1.07. The second-order valence-corrected chi connectivity index (χ2v) is 9.39. The third kappa shape index (κ3) is 4.38. The highest BCUT2D eigenvalue weighted by Gasteiger charge is 2.53. The maximum absolute atomic E-state index is 12.8. The number of hydrogen-bond acceptors (Lipinski definition) is 5. The van der Waals surface area contributed by atoms with Crippen LogP contribution in [0.1, 0.15) is 30.2 Å². The molecule has 0 aromatic carbocycles. The van der Waals surface area contributed by atoms with Crippen molar-refractivity contribution in [3.05, 3.63) is 40.3 Å². The predicted molar refractivity (Wildman–Crippen MR) is 111 cm³/mol. The predicted octanol–water partition coefficient (Wildman–Crippen LogP) is 2.33. The van der Waals surface area contributed by atoms with Crippen LogP contribution in [0.5, 0.6) is 0 Å². The topological polar surface area (TPSA) is 78.7 Å². The fourth-order valence-electron chi connectivity index (χ4n) is 4.91. The van der Waals surface area contributed by atoms with Gasteiger partial charge in [-0.1, -0.05) is 6.07 Å². The van der Waals surface area contributed by atoms with Crippen molar-refractivity contribution in [1.29, 1.82) is 0 Å². The largest absolute Gasteiger partial charge is 0.481 e. The molecule has 2 aliphatic rings. The lowest BCUT2D eigenvalue weighted by Crippen LogP contribution is -2.37. The second kappa shape index (κ2) is 8.28. The van der Waals surface area contributed by atoms with Crippen molar-refractivity contribution in [3.8, 4) is 0 Å². The summed E-state index contributed by atoms with van der Waals surface area (Å²) < 4.78 is 1.93. The van der Waals surface area contributed by atoms with Crippen LogP contribution >= 0.6 is 11.3 Å². The van der Waals surface area contributed by atoms with Gasteiger partial charge < -0.3 is 10.0 Å². The van der Waals surface area contributed by atoms with Crippen molar-refractivity contribution in [2.45, 2.75) is 39.3 Å². The Morgan fingerprint density at radius 2 is 2.21 bits per heavy atom. The smallest absolute Gasteiger partial charge is 0.303 e. The van der Waals surface area contributed by atoms with Crippen LogP contribution in [-0.4, -0.2) is 62.7 Å². The number of amides is 1. The molecule has 0 radical (unpaired) electrons. The lowest BCUT2D eigenvalue weighted by atomic mass is 9.77. The fourth-order valence-corrected chi connectivity index (χ4v) is 5.60. The molecule has 4 rings (SSSR count). The van der Waals surface area contributed by atoms with Gasteiger partial charge in [0, 0.05) is 67.7 Å². The number of carbonyl (C=O) groups excluding carboxylic acids is 1. The molecule has 8 heteroatoms. The Labute approximate surface area is 174 Å². The number of nitrogens with zero attached hydrogens (tertiary/aromatic N) is 4. The lowest BCUT2D eigenvalue weighted by Gasteiger charge is -2.29. The van der Waals surface area contributed by atoms with E-state index in [2.05, 4.69) is 23.1 Å². The Balaban J connectivity index is 1.44. The van der Waals surface area contributed by atoms with Crippen LogP contribution < -0.4 is 0 Å². The van der Waals surface area contributed by atoms with Gasteiger partial charge in [-0.25, -0.2) is 0 Å². The molecule has 2 atom stereocenters. The molecule has 2 fully saturated rings. The van der Waals surface area contributed by atoms with E-state index in [-0.39, 0.29) is 17.7 Å².